The Balaban J connectivity index is 3.02. The average molecular weight is 690 g/mol. The number of amides is 6. The highest BCUT2D eigenvalue weighted by Crippen LogP contribution is 2.12. The number of nitrogen functional groups attached to an aromatic ring is 1. The summed E-state index contributed by atoms with van der Waals surface area (Å²) in [6, 6.07) is -1.08. The second-order valence-corrected chi connectivity index (χ2v) is 12.9. The third kappa shape index (κ3) is 16.1. The summed E-state index contributed by atoms with van der Waals surface area (Å²) < 4.78 is 0. The van der Waals surface area contributed by atoms with Crippen LogP contribution in [0.15, 0.2) is 23.3 Å². The van der Waals surface area contributed by atoms with Gasteiger partial charge in [-0.05, 0) is 55.6 Å². The molecule has 274 valence electrons. The first-order chi connectivity index (χ1) is 22.9. The van der Waals surface area contributed by atoms with Crippen LogP contribution in [-0.2, 0) is 24.0 Å². The molecule has 5 atom stereocenters. The lowest BCUT2D eigenvalue weighted by molar-refractivity contribution is -0.133. The molecule has 0 bridgehead atoms. The monoisotopic (exact) mass is 689 g/mol. The number of carbonyl (C=O) groups is 6. The molecule has 49 heavy (non-hydrogen) atoms. The van der Waals surface area contributed by atoms with Gasteiger partial charge >= 0.3 is 0 Å². The lowest BCUT2D eigenvalue weighted by atomic mass is 9.96. The van der Waals surface area contributed by atoms with E-state index in [0.29, 0.717) is 19.3 Å². The smallest absolute Gasteiger partial charge is 0.253 e. The minimum atomic E-state index is -1.09. The maximum atomic E-state index is 13.4. The SMILES string of the molecule is CC[C@H](C)[C@H](NC(=O)[C@H](CC(C)C)NC(=O)c1ccc(N)nc1)C(=O)NCC(=O)N[C@@H](CCCN=C(N)N)C(=O)N[C@@H](CC(C)C)C(N)=O. The maximum absolute atomic E-state index is 13.4. The Hall–Kier alpha value is -4.96. The van der Waals surface area contributed by atoms with E-state index in [4.69, 9.17) is 22.9 Å². The molecule has 0 aliphatic heterocycles. The number of primary amides is 1. The number of nitrogens with zero attached hydrogens (tertiary/aromatic N) is 2. The molecule has 0 spiro atoms. The summed E-state index contributed by atoms with van der Waals surface area (Å²) in [6.45, 7) is 10.8. The van der Waals surface area contributed by atoms with E-state index in [1.807, 2.05) is 34.6 Å². The second kappa shape index (κ2) is 21.1. The van der Waals surface area contributed by atoms with Crippen molar-refractivity contribution < 1.29 is 28.8 Å². The van der Waals surface area contributed by atoms with Crippen LogP contribution in [0.25, 0.3) is 0 Å². The first-order valence-electron chi connectivity index (χ1n) is 16.5. The molecule has 13 N–H and O–H groups in total. The summed E-state index contributed by atoms with van der Waals surface area (Å²) in [4.78, 5) is 85.5. The fourth-order valence-electron chi connectivity index (χ4n) is 4.72. The van der Waals surface area contributed by atoms with Gasteiger partial charge in [0, 0.05) is 12.7 Å². The number of aromatic nitrogens is 1. The minimum absolute atomic E-state index is 0.0217. The zero-order chi connectivity index (χ0) is 37.3. The van der Waals surface area contributed by atoms with Crippen LogP contribution in [0, 0.1) is 17.8 Å². The van der Waals surface area contributed by atoms with Gasteiger partial charge < -0.3 is 49.5 Å². The van der Waals surface area contributed by atoms with E-state index >= 15 is 0 Å². The number of nitrogens with two attached hydrogens (primary N) is 4. The van der Waals surface area contributed by atoms with E-state index in [-0.39, 0.29) is 54.5 Å². The first-order valence-corrected chi connectivity index (χ1v) is 16.5. The largest absolute Gasteiger partial charge is 0.384 e. The topological polar surface area (TPSA) is 292 Å². The van der Waals surface area contributed by atoms with Gasteiger partial charge in [-0.3, -0.25) is 33.8 Å². The summed E-state index contributed by atoms with van der Waals surface area (Å²) in [7, 11) is 0. The van der Waals surface area contributed by atoms with Crippen molar-refractivity contribution in [3.63, 3.8) is 0 Å². The quantitative estimate of drug-likeness (QED) is 0.0431. The fourth-order valence-corrected chi connectivity index (χ4v) is 4.72. The van der Waals surface area contributed by atoms with E-state index in [0.717, 1.165) is 0 Å². The predicted octanol–water partition coefficient (Wildman–Crippen LogP) is -0.990. The molecular formula is C32H55N11O6. The third-order valence-electron chi connectivity index (χ3n) is 7.56. The van der Waals surface area contributed by atoms with Gasteiger partial charge in [-0.2, -0.15) is 0 Å². The van der Waals surface area contributed by atoms with Gasteiger partial charge in [0.15, 0.2) is 5.96 Å². The van der Waals surface area contributed by atoms with Crippen molar-refractivity contribution in [1.82, 2.24) is 31.6 Å². The Bertz CT molecular complexity index is 1300. The highest BCUT2D eigenvalue weighted by atomic mass is 16.2. The van der Waals surface area contributed by atoms with Crippen molar-refractivity contribution in [2.75, 3.05) is 18.8 Å². The first kappa shape index (κ1) is 42.1. The fraction of sp³-hybridized carbons (Fsp3) is 0.625. The molecule has 0 aromatic carbocycles. The van der Waals surface area contributed by atoms with Gasteiger partial charge in [-0.1, -0.05) is 48.0 Å². The van der Waals surface area contributed by atoms with Crippen molar-refractivity contribution in [3.8, 4) is 0 Å². The van der Waals surface area contributed by atoms with Crippen molar-refractivity contribution in [3.05, 3.63) is 23.9 Å². The molecule has 1 aromatic heterocycles. The highest BCUT2D eigenvalue weighted by Gasteiger charge is 2.31. The zero-order valence-electron chi connectivity index (χ0n) is 29.4. The molecule has 0 aliphatic carbocycles. The molecule has 1 heterocycles. The van der Waals surface area contributed by atoms with E-state index < -0.39 is 66.2 Å². The zero-order valence-corrected chi connectivity index (χ0v) is 29.4. The predicted molar refractivity (Wildman–Crippen MR) is 186 cm³/mol. The number of aliphatic imine (C=N–C) groups is 1. The van der Waals surface area contributed by atoms with Gasteiger partial charge in [0.05, 0.1) is 12.1 Å². The summed E-state index contributed by atoms with van der Waals surface area (Å²) in [5, 5.41) is 13.2. The Morgan fingerprint density at radius 3 is 1.94 bits per heavy atom. The number of hydrogen-bond acceptors (Lipinski definition) is 9. The number of nitrogens with one attached hydrogen (secondary N) is 5. The van der Waals surface area contributed by atoms with Gasteiger partial charge in [0.2, 0.25) is 29.5 Å². The number of rotatable bonds is 21. The Morgan fingerprint density at radius 1 is 0.796 bits per heavy atom. The van der Waals surface area contributed by atoms with E-state index in [1.54, 1.807) is 6.92 Å². The molecule has 0 radical (unpaired) electrons. The van der Waals surface area contributed by atoms with Crippen molar-refractivity contribution in [1.29, 1.82) is 0 Å². The lowest BCUT2D eigenvalue weighted by Gasteiger charge is -2.27. The standard InChI is InChI=1S/C32H55N11O6/c1-7-19(6)26(43-30(48)23(14-18(4)5)42-28(46)20-10-11-24(33)38-15-20)31(49)39-16-25(44)40-21(9-8-12-37-32(35)36)29(47)41-22(27(34)45)13-17(2)3/h10-11,15,17-19,21-23,26H,7-9,12-14,16H2,1-6H3,(H2,33,38)(H2,34,45)(H,39,49)(H,40,44)(H,41,47)(H,42,46)(H,43,48)(H4,35,36,37)/t19-,21-,22-,23-,26-/m0/s1. The molecule has 1 rings (SSSR count). The molecule has 17 nitrogen and oxygen atoms in total. The molecule has 0 saturated heterocycles. The van der Waals surface area contributed by atoms with Crippen LogP contribution >= 0.6 is 0 Å². The van der Waals surface area contributed by atoms with Crippen LogP contribution < -0.4 is 49.5 Å². The van der Waals surface area contributed by atoms with Crippen molar-refractivity contribution in [2.45, 2.75) is 97.8 Å². The summed E-state index contributed by atoms with van der Waals surface area (Å²) in [5.41, 5.74) is 22.0. The number of hydrogen-bond donors (Lipinski definition) is 9. The van der Waals surface area contributed by atoms with Gasteiger partial charge in [-0.25, -0.2) is 4.98 Å². The number of guanidine groups is 1. The Kier molecular flexibility index (Phi) is 18.1. The lowest BCUT2D eigenvalue weighted by Crippen LogP contribution is -2.57. The average Bonchev–Trinajstić information content (AvgIpc) is 3.02. The molecule has 6 amide bonds. The molecular weight excluding hydrogens is 634 g/mol. The maximum Gasteiger partial charge on any atom is 0.253 e. The molecule has 0 aliphatic rings. The molecule has 1 aromatic rings. The molecule has 0 saturated carbocycles. The highest BCUT2D eigenvalue weighted by molar-refractivity contribution is 5.99. The van der Waals surface area contributed by atoms with Crippen LogP contribution in [0.5, 0.6) is 0 Å². The molecule has 0 fully saturated rings. The van der Waals surface area contributed by atoms with Crippen LogP contribution in [0.3, 0.4) is 0 Å². The van der Waals surface area contributed by atoms with Gasteiger partial charge in [0.25, 0.3) is 5.91 Å². The van der Waals surface area contributed by atoms with E-state index in [2.05, 4.69) is 36.6 Å². The summed E-state index contributed by atoms with van der Waals surface area (Å²) >= 11 is 0. The number of pyridine rings is 1. The number of carbonyl (C=O) groups excluding carboxylic acids is 6. The normalized spacial score (nSPS) is 14.0. The van der Waals surface area contributed by atoms with Crippen LogP contribution in [-0.4, -0.2) is 83.6 Å². The summed E-state index contributed by atoms with van der Waals surface area (Å²) in [6.07, 6.45) is 2.84. The second-order valence-electron chi connectivity index (χ2n) is 12.9. The molecule has 0 unspecified atom stereocenters. The summed E-state index contributed by atoms with van der Waals surface area (Å²) in [5.74, 6) is -3.92. The Morgan fingerprint density at radius 2 is 1.41 bits per heavy atom. The van der Waals surface area contributed by atoms with Gasteiger partial charge in [-0.15, -0.1) is 0 Å². The van der Waals surface area contributed by atoms with E-state index in [9.17, 15) is 28.8 Å². The van der Waals surface area contributed by atoms with Crippen LogP contribution in [0.1, 0.15) is 84.0 Å². The van der Waals surface area contributed by atoms with Crippen molar-refractivity contribution >= 4 is 47.2 Å². The third-order valence-corrected chi connectivity index (χ3v) is 7.56. The minimum Gasteiger partial charge on any atom is -0.384 e. The number of anilines is 1. The van der Waals surface area contributed by atoms with Crippen LogP contribution in [0.4, 0.5) is 5.82 Å². The molecule has 17 heteroatoms. The van der Waals surface area contributed by atoms with Crippen molar-refractivity contribution in [2.24, 2.45) is 39.9 Å². The van der Waals surface area contributed by atoms with Gasteiger partial charge in [0.1, 0.15) is 30.0 Å². The van der Waals surface area contributed by atoms with E-state index in [1.165, 1.54) is 18.3 Å². The van der Waals surface area contributed by atoms with Crippen LogP contribution in [0.2, 0.25) is 0 Å². The Labute approximate surface area is 287 Å².